The Hall–Kier alpha value is -0.870. The third-order valence-electron chi connectivity index (χ3n) is 3.01. The molecular weight excluding hydrogens is 248 g/mol. The average molecular weight is 264 g/mol. The van der Waals surface area contributed by atoms with Gasteiger partial charge in [-0.05, 0) is 30.7 Å². The molecule has 0 bridgehead atoms. The highest BCUT2D eigenvalue weighted by Gasteiger charge is 2.26. The zero-order valence-electron chi connectivity index (χ0n) is 9.58. The topological polar surface area (TPSA) is 21.3 Å². The van der Waals surface area contributed by atoms with Gasteiger partial charge in [-0.2, -0.15) is 0 Å². The number of piperidine rings is 1. The van der Waals surface area contributed by atoms with Gasteiger partial charge in [0.15, 0.2) is 11.6 Å². The third kappa shape index (κ3) is 3.07. The molecule has 1 N–H and O–H groups in total. The zero-order valence-corrected chi connectivity index (χ0v) is 10.4. The minimum atomic E-state index is -0.943. The summed E-state index contributed by atoms with van der Waals surface area (Å²) >= 11 is 0. The van der Waals surface area contributed by atoms with E-state index in [1.165, 1.54) is 13.2 Å². The Morgan fingerprint density at radius 3 is 2.76 bits per heavy atom. The van der Waals surface area contributed by atoms with Gasteiger partial charge in [0, 0.05) is 12.5 Å². The molecule has 1 fully saturated rings. The van der Waals surface area contributed by atoms with E-state index in [0.29, 0.717) is 18.5 Å². The molecule has 0 radical (unpaired) electrons. The predicted octanol–water partition coefficient (Wildman–Crippen LogP) is 2.67. The van der Waals surface area contributed by atoms with Crippen molar-refractivity contribution in [2.45, 2.75) is 18.5 Å². The van der Waals surface area contributed by atoms with Crippen molar-refractivity contribution < 1.29 is 13.5 Å². The van der Waals surface area contributed by atoms with Crippen molar-refractivity contribution >= 4 is 12.4 Å². The van der Waals surface area contributed by atoms with Crippen molar-refractivity contribution in [1.29, 1.82) is 0 Å². The van der Waals surface area contributed by atoms with Crippen LogP contribution in [0.2, 0.25) is 0 Å². The molecule has 2 rings (SSSR count). The van der Waals surface area contributed by atoms with Crippen LogP contribution in [0.4, 0.5) is 8.78 Å². The Bertz CT molecular complexity index is 376. The van der Waals surface area contributed by atoms with Crippen LogP contribution in [0.15, 0.2) is 18.2 Å². The highest BCUT2D eigenvalue weighted by atomic mass is 35.5. The summed E-state index contributed by atoms with van der Waals surface area (Å²) in [4.78, 5) is 0. The van der Waals surface area contributed by atoms with Crippen molar-refractivity contribution in [2.24, 2.45) is 0 Å². The normalized spacial score (nSPS) is 23.9. The molecule has 2 atom stereocenters. The smallest absolute Gasteiger partial charge is 0.165 e. The largest absolute Gasteiger partial charge is 0.494 e. The fourth-order valence-electron chi connectivity index (χ4n) is 2.11. The first-order valence-corrected chi connectivity index (χ1v) is 5.40. The van der Waals surface area contributed by atoms with Gasteiger partial charge in [0.1, 0.15) is 6.17 Å². The van der Waals surface area contributed by atoms with Gasteiger partial charge in [0.05, 0.1) is 7.11 Å². The van der Waals surface area contributed by atoms with Gasteiger partial charge >= 0.3 is 0 Å². The van der Waals surface area contributed by atoms with Crippen LogP contribution in [-0.4, -0.2) is 26.4 Å². The number of halogens is 3. The summed E-state index contributed by atoms with van der Waals surface area (Å²) in [6.07, 6.45) is -0.242. The van der Waals surface area contributed by atoms with Crippen LogP contribution in [0.3, 0.4) is 0 Å². The summed E-state index contributed by atoms with van der Waals surface area (Å²) in [7, 11) is 1.42. The van der Waals surface area contributed by atoms with E-state index in [2.05, 4.69) is 5.32 Å². The zero-order chi connectivity index (χ0) is 11.5. The molecule has 0 unspecified atom stereocenters. The SMILES string of the molecule is COc1ccc([C@H]2CCNC[C@@H]2F)cc1F.Cl. The molecule has 1 saturated heterocycles. The standard InChI is InChI=1S/C12H15F2NO.ClH/c1-16-12-3-2-8(6-10(12)13)9-4-5-15-7-11(9)14;/h2-3,6,9,11,15H,4-5,7H2,1H3;1H/t9-,11+;/m1./s1. The molecule has 1 aromatic rings. The Balaban J connectivity index is 0.00000144. The minimum Gasteiger partial charge on any atom is -0.494 e. The number of nitrogens with one attached hydrogen (secondary N) is 1. The molecule has 5 heteroatoms. The summed E-state index contributed by atoms with van der Waals surface area (Å²) in [5.74, 6) is -0.430. The number of alkyl halides is 1. The second kappa shape index (κ2) is 6.17. The number of hydrogen-bond donors (Lipinski definition) is 1. The fraction of sp³-hybridized carbons (Fsp3) is 0.500. The third-order valence-corrected chi connectivity index (χ3v) is 3.01. The summed E-state index contributed by atoms with van der Waals surface area (Å²) < 4.78 is 31.9. The second-order valence-corrected chi connectivity index (χ2v) is 4.01. The number of rotatable bonds is 2. The molecule has 1 aromatic carbocycles. The van der Waals surface area contributed by atoms with E-state index < -0.39 is 12.0 Å². The second-order valence-electron chi connectivity index (χ2n) is 4.01. The summed E-state index contributed by atoms with van der Waals surface area (Å²) in [5, 5.41) is 2.98. The summed E-state index contributed by atoms with van der Waals surface area (Å²) in [6, 6.07) is 4.67. The maximum Gasteiger partial charge on any atom is 0.165 e. The van der Waals surface area contributed by atoms with Gasteiger partial charge < -0.3 is 10.1 Å². The maximum atomic E-state index is 13.6. The number of hydrogen-bond acceptors (Lipinski definition) is 2. The minimum absolute atomic E-state index is 0. The Kier molecular flexibility index (Phi) is 5.15. The quantitative estimate of drug-likeness (QED) is 0.886. The fourth-order valence-corrected chi connectivity index (χ4v) is 2.11. The molecule has 0 spiro atoms. The predicted molar refractivity (Wildman–Crippen MR) is 65.3 cm³/mol. The first-order valence-electron chi connectivity index (χ1n) is 5.40. The van der Waals surface area contributed by atoms with Crippen LogP contribution in [0.25, 0.3) is 0 Å². The molecule has 0 aromatic heterocycles. The van der Waals surface area contributed by atoms with E-state index in [0.717, 1.165) is 6.54 Å². The first kappa shape index (κ1) is 14.2. The van der Waals surface area contributed by atoms with E-state index in [1.807, 2.05) is 0 Å². The maximum absolute atomic E-state index is 13.6. The van der Waals surface area contributed by atoms with E-state index >= 15 is 0 Å². The van der Waals surface area contributed by atoms with Crippen molar-refractivity contribution in [1.82, 2.24) is 5.32 Å². The lowest BCUT2D eigenvalue weighted by atomic mass is 9.88. The summed E-state index contributed by atoms with van der Waals surface area (Å²) in [5.41, 5.74) is 0.715. The monoisotopic (exact) mass is 263 g/mol. The van der Waals surface area contributed by atoms with Gasteiger partial charge in [-0.25, -0.2) is 8.78 Å². The molecule has 1 aliphatic heterocycles. The lowest BCUT2D eigenvalue weighted by Gasteiger charge is -2.27. The van der Waals surface area contributed by atoms with Crippen molar-refractivity contribution in [3.8, 4) is 5.75 Å². The Morgan fingerprint density at radius 1 is 1.41 bits per heavy atom. The highest BCUT2D eigenvalue weighted by molar-refractivity contribution is 5.85. The first-order chi connectivity index (χ1) is 7.72. The highest BCUT2D eigenvalue weighted by Crippen LogP contribution is 2.30. The molecule has 2 nitrogen and oxygen atoms in total. The lowest BCUT2D eigenvalue weighted by molar-refractivity contribution is 0.231. The molecule has 1 heterocycles. The van der Waals surface area contributed by atoms with Crippen molar-refractivity contribution in [3.63, 3.8) is 0 Å². The molecule has 0 saturated carbocycles. The van der Waals surface area contributed by atoms with Crippen LogP contribution < -0.4 is 10.1 Å². The van der Waals surface area contributed by atoms with Crippen LogP contribution in [0, 0.1) is 5.82 Å². The van der Waals surface area contributed by atoms with Gasteiger partial charge in [-0.1, -0.05) is 6.07 Å². The van der Waals surface area contributed by atoms with E-state index in [-0.39, 0.29) is 24.1 Å². The molecule has 96 valence electrons. The Labute approximate surface area is 106 Å². The molecule has 0 amide bonds. The van der Waals surface area contributed by atoms with Gasteiger partial charge in [0.2, 0.25) is 0 Å². The molecular formula is C12H16ClF2NO. The van der Waals surface area contributed by atoms with Gasteiger partial charge in [0.25, 0.3) is 0 Å². The Morgan fingerprint density at radius 2 is 2.18 bits per heavy atom. The van der Waals surface area contributed by atoms with Gasteiger partial charge in [-0.15, -0.1) is 12.4 Å². The van der Waals surface area contributed by atoms with E-state index in [4.69, 9.17) is 4.74 Å². The van der Waals surface area contributed by atoms with Crippen LogP contribution >= 0.6 is 12.4 Å². The van der Waals surface area contributed by atoms with Crippen molar-refractivity contribution in [2.75, 3.05) is 20.2 Å². The number of benzene rings is 1. The molecule has 1 aliphatic rings. The van der Waals surface area contributed by atoms with Crippen LogP contribution in [0.1, 0.15) is 17.9 Å². The molecule has 0 aliphatic carbocycles. The van der Waals surface area contributed by atoms with Crippen LogP contribution in [0.5, 0.6) is 5.75 Å². The number of methoxy groups -OCH3 is 1. The van der Waals surface area contributed by atoms with Gasteiger partial charge in [-0.3, -0.25) is 0 Å². The van der Waals surface area contributed by atoms with E-state index in [9.17, 15) is 8.78 Å². The van der Waals surface area contributed by atoms with Crippen LogP contribution in [-0.2, 0) is 0 Å². The van der Waals surface area contributed by atoms with Crippen molar-refractivity contribution in [3.05, 3.63) is 29.6 Å². The van der Waals surface area contributed by atoms with E-state index in [1.54, 1.807) is 12.1 Å². The lowest BCUT2D eigenvalue weighted by Crippen LogP contribution is -2.36. The summed E-state index contributed by atoms with van der Waals surface area (Å²) in [6.45, 7) is 1.12. The average Bonchev–Trinajstić information content (AvgIpc) is 2.29. The molecule has 17 heavy (non-hydrogen) atoms. The number of ether oxygens (including phenoxy) is 1.